The van der Waals surface area contributed by atoms with E-state index in [-0.39, 0.29) is 0 Å². The van der Waals surface area contributed by atoms with Crippen LogP contribution < -0.4 is 4.74 Å². The molecule has 0 saturated heterocycles. The normalized spacial score (nSPS) is 12.3. The summed E-state index contributed by atoms with van der Waals surface area (Å²) in [6.45, 7) is 3.88. The first-order chi connectivity index (χ1) is 9.45. The van der Waals surface area contributed by atoms with Crippen LogP contribution in [-0.4, -0.2) is 12.2 Å². The summed E-state index contributed by atoms with van der Waals surface area (Å²) in [6.07, 6.45) is -0.858. The van der Waals surface area contributed by atoms with Crippen molar-refractivity contribution in [1.29, 1.82) is 0 Å². The second kappa shape index (κ2) is 5.94. The zero-order chi connectivity index (χ0) is 14.9. The minimum absolute atomic E-state index is 0.304. The second-order valence-electron chi connectivity index (χ2n) is 4.72. The third-order valence-electron chi connectivity index (χ3n) is 3.38. The number of benzene rings is 2. The van der Waals surface area contributed by atoms with Gasteiger partial charge in [-0.15, -0.1) is 0 Å². The summed E-state index contributed by atoms with van der Waals surface area (Å²) in [7, 11) is 1.46. The number of aliphatic hydroxyl groups excluding tert-OH is 1. The van der Waals surface area contributed by atoms with Gasteiger partial charge in [0.1, 0.15) is 17.7 Å². The summed E-state index contributed by atoms with van der Waals surface area (Å²) in [5.74, 6) is -0.0832. The third-order valence-corrected chi connectivity index (χ3v) is 3.99. The van der Waals surface area contributed by atoms with Gasteiger partial charge >= 0.3 is 0 Å². The Morgan fingerprint density at radius 2 is 1.80 bits per heavy atom. The molecule has 0 saturated carbocycles. The predicted molar refractivity (Wildman–Crippen MR) is 80.6 cm³/mol. The van der Waals surface area contributed by atoms with Crippen molar-refractivity contribution < 1.29 is 14.2 Å². The predicted octanol–water partition coefficient (Wildman–Crippen LogP) is 4.30. The van der Waals surface area contributed by atoms with Crippen molar-refractivity contribution >= 4 is 15.9 Å². The molecule has 2 aromatic rings. The molecule has 1 atom stereocenters. The minimum Gasteiger partial charge on any atom is -0.496 e. The molecule has 4 heteroatoms. The molecule has 2 nitrogen and oxygen atoms in total. The fraction of sp³-hybridized carbons (Fsp3) is 0.250. The SMILES string of the molecule is COc1cc(F)c(Br)cc1C(O)c1c(C)cccc1C. The van der Waals surface area contributed by atoms with Crippen LogP contribution in [0.15, 0.2) is 34.8 Å². The van der Waals surface area contributed by atoms with E-state index in [4.69, 9.17) is 4.74 Å². The number of ether oxygens (including phenoxy) is 1. The highest BCUT2D eigenvalue weighted by atomic mass is 79.9. The van der Waals surface area contributed by atoms with Crippen molar-refractivity contribution in [3.63, 3.8) is 0 Å². The van der Waals surface area contributed by atoms with Crippen LogP contribution >= 0.6 is 15.9 Å². The number of hydrogen-bond acceptors (Lipinski definition) is 2. The summed E-state index contributed by atoms with van der Waals surface area (Å²) in [5, 5.41) is 10.7. The van der Waals surface area contributed by atoms with Crippen LogP contribution in [0.3, 0.4) is 0 Å². The zero-order valence-corrected chi connectivity index (χ0v) is 13.2. The molecule has 0 aromatic heterocycles. The molecule has 0 amide bonds. The summed E-state index contributed by atoms with van der Waals surface area (Å²) in [5.41, 5.74) is 3.34. The smallest absolute Gasteiger partial charge is 0.141 e. The Kier molecular flexibility index (Phi) is 4.45. The van der Waals surface area contributed by atoms with Crippen molar-refractivity contribution in [2.45, 2.75) is 20.0 Å². The summed E-state index contributed by atoms with van der Waals surface area (Å²) in [6, 6.07) is 8.66. The molecular weight excluding hydrogens is 323 g/mol. The van der Waals surface area contributed by atoms with E-state index in [0.717, 1.165) is 16.7 Å². The summed E-state index contributed by atoms with van der Waals surface area (Å²) >= 11 is 3.15. The van der Waals surface area contributed by atoms with Gasteiger partial charge in [0.25, 0.3) is 0 Å². The molecule has 2 rings (SSSR count). The largest absolute Gasteiger partial charge is 0.496 e. The lowest BCUT2D eigenvalue weighted by molar-refractivity contribution is 0.213. The van der Waals surface area contributed by atoms with Crippen LogP contribution in [0.2, 0.25) is 0 Å². The molecule has 106 valence electrons. The standard InChI is InChI=1S/C16H16BrFO2/c1-9-5-4-6-10(2)15(9)16(19)11-7-12(17)13(18)8-14(11)20-3/h4-8,16,19H,1-3H3. The average molecular weight is 339 g/mol. The van der Waals surface area contributed by atoms with Gasteiger partial charge < -0.3 is 9.84 Å². The number of hydrogen-bond donors (Lipinski definition) is 1. The topological polar surface area (TPSA) is 29.5 Å². The van der Waals surface area contributed by atoms with Gasteiger partial charge in [-0.05, 0) is 52.5 Å². The highest BCUT2D eigenvalue weighted by molar-refractivity contribution is 9.10. The monoisotopic (exact) mass is 338 g/mol. The summed E-state index contributed by atoms with van der Waals surface area (Å²) in [4.78, 5) is 0. The third kappa shape index (κ3) is 2.72. The molecule has 0 aliphatic rings. The molecule has 0 aliphatic heterocycles. The molecule has 0 fully saturated rings. The maximum atomic E-state index is 13.6. The van der Waals surface area contributed by atoms with Gasteiger partial charge in [-0.1, -0.05) is 18.2 Å². The van der Waals surface area contributed by atoms with E-state index in [1.165, 1.54) is 13.2 Å². The van der Waals surface area contributed by atoms with Gasteiger partial charge in [0.2, 0.25) is 0 Å². The van der Waals surface area contributed by atoms with Gasteiger partial charge in [-0.3, -0.25) is 0 Å². The van der Waals surface area contributed by atoms with E-state index < -0.39 is 11.9 Å². The minimum atomic E-state index is -0.858. The zero-order valence-electron chi connectivity index (χ0n) is 11.6. The maximum absolute atomic E-state index is 13.6. The first kappa shape index (κ1) is 15.0. The number of methoxy groups -OCH3 is 1. The molecule has 1 unspecified atom stereocenters. The van der Waals surface area contributed by atoms with E-state index in [0.29, 0.717) is 15.8 Å². The van der Waals surface area contributed by atoms with Crippen molar-refractivity contribution in [3.05, 3.63) is 62.9 Å². The van der Waals surface area contributed by atoms with Crippen LogP contribution in [0, 0.1) is 19.7 Å². The fourth-order valence-corrected chi connectivity index (χ4v) is 2.71. The first-order valence-electron chi connectivity index (χ1n) is 6.22. The van der Waals surface area contributed by atoms with Crippen LogP contribution in [0.25, 0.3) is 0 Å². The van der Waals surface area contributed by atoms with Gasteiger partial charge in [-0.25, -0.2) is 4.39 Å². The highest BCUT2D eigenvalue weighted by Gasteiger charge is 2.21. The fourth-order valence-electron chi connectivity index (χ4n) is 2.35. The van der Waals surface area contributed by atoms with E-state index in [1.54, 1.807) is 6.07 Å². The molecule has 0 aliphatic carbocycles. The average Bonchev–Trinajstić information content (AvgIpc) is 2.41. The number of rotatable bonds is 3. The Morgan fingerprint density at radius 1 is 1.20 bits per heavy atom. The van der Waals surface area contributed by atoms with Crippen molar-refractivity contribution in [2.75, 3.05) is 7.11 Å². The molecular formula is C16H16BrFO2. The van der Waals surface area contributed by atoms with Gasteiger partial charge in [0.15, 0.2) is 0 Å². The Labute approximate surface area is 126 Å². The first-order valence-corrected chi connectivity index (χ1v) is 7.02. The Morgan fingerprint density at radius 3 is 2.35 bits per heavy atom. The van der Waals surface area contributed by atoms with Gasteiger partial charge in [0, 0.05) is 11.6 Å². The van der Waals surface area contributed by atoms with E-state index in [1.807, 2.05) is 32.0 Å². The molecule has 0 radical (unpaired) electrons. The van der Waals surface area contributed by atoms with Gasteiger partial charge in [-0.2, -0.15) is 0 Å². The maximum Gasteiger partial charge on any atom is 0.141 e. The van der Waals surface area contributed by atoms with E-state index in [2.05, 4.69) is 15.9 Å². The number of halogens is 2. The van der Waals surface area contributed by atoms with Crippen molar-refractivity contribution in [2.24, 2.45) is 0 Å². The van der Waals surface area contributed by atoms with E-state index >= 15 is 0 Å². The van der Waals surface area contributed by atoms with Crippen LogP contribution in [0.5, 0.6) is 5.75 Å². The highest BCUT2D eigenvalue weighted by Crippen LogP contribution is 2.36. The molecule has 2 aromatic carbocycles. The number of aryl methyl sites for hydroxylation is 2. The lowest BCUT2D eigenvalue weighted by Crippen LogP contribution is -2.07. The lowest BCUT2D eigenvalue weighted by Gasteiger charge is -2.19. The Bertz CT molecular complexity index is 620. The van der Waals surface area contributed by atoms with Crippen LogP contribution in [0.4, 0.5) is 4.39 Å². The Hall–Kier alpha value is -1.39. The molecule has 0 spiro atoms. The second-order valence-corrected chi connectivity index (χ2v) is 5.57. The van der Waals surface area contributed by atoms with Crippen molar-refractivity contribution in [1.82, 2.24) is 0 Å². The molecule has 0 heterocycles. The quantitative estimate of drug-likeness (QED) is 0.904. The lowest BCUT2D eigenvalue weighted by atomic mass is 9.93. The molecule has 0 bridgehead atoms. The van der Waals surface area contributed by atoms with E-state index in [9.17, 15) is 9.50 Å². The van der Waals surface area contributed by atoms with Crippen molar-refractivity contribution in [3.8, 4) is 5.75 Å². The Balaban J connectivity index is 2.59. The summed E-state index contributed by atoms with van der Waals surface area (Å²) < 4.78 is 19.0. The molecule has 1 N–H and O–H groups in total. The number of aliphatic hydroxyl groups is 1. The molecule has 20 heavy (non-hydrogen) atoms. The van der Waals surface area contributed by atoms with Crippen LogP contribution in [-0.2, 0) is 0 Å². The van der Waals surface area contributed by atoms with Gasteiger partial charge in [0.05, 0.1) is 11.6 Å². The van der Waals surface area contributed by atoms with Crippen LogP contribution in [0.1, 0.15) is 28.4 Å².